The zero-order chi connectivity index (χ0) is 21.0. The van der Waals surface area contributed by atoms with E-state index < -0.39 is 5.41 Å². The summed E-state index contributed by atoms with van der Waals surface area (Å²) >= 11 is 0. The zero-order valence-corrected chi connectivity index (χ0v) is 17.4. The van der Waals surface area contributed by atoms with Crippen LogP contribution in [0.1, 0.15) is 48.9 Å². The fourth-order valence-electron chi connectivity index (χ4n) is 4.52. The molecule has 1 heterocycles. The summed E-state index contributed by atoms with van der Waals surface area (Å²) in [6.07, 6.45) is 7.33. The number of hydrogen-bond donors (Lipinski definition) is 1. The first-order valence-electron chi connectivity index (χ1n) is 10.7. The Labute approximate surface area is 177 Å². The van der Waals surface area contributed by atoms with Crippen LogP contribution in [0.2, 0.25) is 0 Å². The first-order valence-corrected chi connectivity index (χ1v) is 10.7. The van der Waals surface area contributed by atoms with Gasteiger partial charge in [0.05, 0.1) is 16.8 Å². The Morgan fingerprint density at radius 2 is 1.90 bits per heavy atom. The minimum absolute atomic E-state index is 0.0299. The second-order valence-corrected chi connectivity index (χ2v) is 8.18. The highest BCUT2D eigenvalue weighted by molar-refractivity contribution is 5.88. The van der Waals surface area contributed by atoms with Crippen LogP contribution in [0.5, 0.6) is 0 Å². The van der Waals surface area contributed by atoms with Crippen molar-refractivity contribution in [3.05, 3.63) is 83.4 Å². The summed E-state index contributed by atoms with van der Waals surface area (Å²) in [5.74, 6) is -0.250. The molecule has 1 N–H and O–H groups in total. The number of nitrogens with zero attached hydrogens (tertiary/aromatic N) is 2. The molecule has 1 aromatic heterocycles. The summed E-state index contributed by atoms with van der Waals surface area (Å²) in [5, 5.41) is 7.73. The predicted octanol–water partition coefficient (Wildman–Crippen LogP) is 4.88. The van der Waals surface area contributed by atoms with E-state index in [1.165, 1.54) is 17.7 Å². The number of benzene rings is 2. The van der Waals surface area contributed by atoms with Gasteiger partial charge < -0.3 is 5.32 Å². The van der Waals surface area contributed by atoms with Gasteiger partial charge in [-0.2, -0.15) is 5.10 Å². The van der Waals surface area contributed by atoms with E-state index in [1.807, 2.05) is 48.0 Å². The van der Waals surface area contributed by atoms with Crippen molar-refractivity contribution in [2.24, 2.45) is 0 Å². The number of amides is 1. The zero-order valence-electron chi connectivity index (χ0n) is 17.4. The number of rotatable bonds is 7. The molecule has 4 rings (SSSR count). The highest BCUT2D eigenvalue weighted by Gasteiger charge is 2.42. The number of aryl methyl sites for hydroxylation is 2. The lowest BCUT2D eigenvalue weighted by atomic mass is 9.78. The minimum atomic E-state index is -0.587. The van der Waals surface area contributed by atoms with Crippen LogP contribution in [0.4, 0.5) is 4.39 Å². The van der Waals surface area contributed by atoms with E-state index in [0.717, 1.165) is 55.5 Å². The van der Waals surface area contributed by atoms with E-state index in [9.17, 15) is 9.18 Å². The van der Waals surface area contributed by atoms with Gasteiger partial charge in [-0.15, -0.1) is 0 Å². The normalized spacial score (nSPS) is 15.3. The van der Waals surface area contributed by atoms with Crippen molar-refractivity contribution >= 4 is 5.91 Å². The number of carbonyl (C=O) groups is 1. The molecule has 0 radical (unpaired) electrons. The Morgan fingerprint density at radius 3 is 2.63 bits per heavy atom. The van der Waals surface area contributed by atoms with Gasteiger partial charge in [-0.1, -0.05) is 43.2 Å². The molecule has 1 amide bonds. The SMILES string of the molecule is Cc1nn(-c2ccccc2)cc1CCCNC(=O)C1(c2cccc(F)c2)CCCC1. The molecule has 1 aliphatic carbocycles. The molecular weight excluding hydrogens is 377 g/mol. The average Bonchev–Trinajstić information content (AvgIpc) is 3.40. The topological polar surface area (TPSA) is 46.9 Å². The fourth-order valence-corrected chi connectivity index (χ4v) is 4.52. The summed E-state index contributed by atoms with van der Waals surface area (Å²) in [6.45, 7) is 2.62. The third-order valence-electron chi connectivity index (χ3n) is 6.20. The molecule has 5 heteroatoms. The van der Waals surface area contributed by atoms with Crippen LogP contribution < -0.4 is 5.32 Å². The highest BCUT2D eigenvalue weighted by atomic mass is 19.1. The summed E-state index contributed by atoms with van der Waals surface area (Å²) < 4.78 is 15.7. The number of carbonyl (C=O) groups excluding carboxylic acids is 1. The first kappa shape index (κ1) is 20.3. The van der Waals surface area contributed by atoms with Gasteiger partial charge >= 0.3 is 0 Å². The van der Waals surface area contributed by atoms with Gasteiger partial charge in [-0.3, -0.25) is 4.79 Å². The molecule has 3 aromatic rings. The van der Waals surface area contributed by atoms with Gasteiger partial charge in [0, 0.05) is 12.7 Å². The van der Waals surface area contributed by atoms with Gasteiger partial charge in [-0.05, 0) is 68.0 Å². The van der Waals surface area contributed by atoms with Crippen molar-refractivity contribution < 1.29 is 9.18 Å². The molecule has 0 saturated heterocycles. The molecule has 0 unspecified atom stereocenters. The lowest BCUT2D eigenvalue weighted by Gasteiger charge is -2.28. The van der Waals surface area contributed by atoms with Crippen LogP contribution in [0.15, 0.2) is 60.8 Å². The smallest absolute Gasteiger partial charge is 0.230 e. The van der Waals surface area contributed by atoms with Crippen molar-refractivity contribution in [3.63, 3.8) is 0 Å². The third kappa shape index (κ3) is 4.16. The number of nitrogens with one attached hydrogen (secondary N) is 1. The summed E-state index contributed by atoms with van der Waals surface area (Å²) in [4.78, 5) is 13.1. The van der Waals surface area contributed by atoms with Crippen LogP contribution in [-0.4, -0.2) is 22.2 Å². The lowest BCUT2D eigenvalue weighted by Crippen LogP contribution is -2.43. The van der Waals surface area contributed by atoms with Crippen molar-refractivity contribution in [2.45, 2.75) is 50.9 Å². The van der Waals surface area contributed by atoms with Gasteiger partial charge in [0.15, 0.2) is 0 Å². The summed E-state index contributed by atoms with van der Waals surface area (Å²) in [7, 11) is 0. The monoisotopic (exact) mass is 405 g/mol. The molecule has 30 heavy (non-hydrogen) atoms. The van der Waals surface area contributed by atoms with Crippen LogP contribution in [0.3, 0.4) is 0 Å². The maximum Gasteiger partial charge on any atom is 0.230 e. The molecule has 2 aromatic carbocycles. The minimum Gasteiger partial charge on any atom is -0.355 e. The van der Waals surface area contributed by atoms with E-state index in [4.69, 9.17) is 0 Å². The van der Waals surface area contributed by atoms with Crippen molar-refractivity contribution in [1.29, 1.82) is 0 Å². The molecule has 0 spiro atoms. The van der Waals surface area contributed by atoms with Gasteiger partial charge in [0.1, 0.15) is 5.82 Å². The van der Waals surface area contributed by atoms with Gasteiger partial charge in [0.25, 0.3) is 0 Å². The average molecular weight is 406 g/mol. The van der Waals surface area contributed by atoms with Crippen molar-refractivity contribution in [3.8, 4) is 5.69 Å². The molecule has 4 nitrogen and oxygen atoms in total. The number of hydrogen-bond acceptors (Lipinski definition) is 2. The second kappa shape index (κ2) is 8.82. The maximum atomic E-state index is 13.8. The standard InChI is InChI=1S/C25H28FN3O/c1-19-20(18-29(28-19)23-12-3-2-4-13-23)9-8-16-27-24(30)25(14-5-6-15-25)21-10-7-11-22(26)17-21/h2-4,7,10-13,17-18H,5-6,8-9,14-16H2,1H3,(H,27,30). The largest absolute Gasteiger partial charge is 0.355 e. The number of aromatic nitrogens is 2. The molecule has 1 fully saturated rings. The van der Waals surface area contributed by atoms with E-state index in [-0.39, 0.29) is 11.7 Å². The Hall–Kier alpha value is -2.95. The molecule has 0 aliphatic heterocycles. The van der Waals surface area contributed by atoms with Crippen LogP contribution in [0, 0.1) is 12.7 Å². The molecule has 1 aliphatic rings. The van der Waals surface area contributed by atoms with Crippen molar-refractivity contribution in [1.82, 2.24) is 15.1 Å². The lowest BCUT2D eigenvalue weighted by molar-refractivity contribution is -0.126. The maximum absolute atomic E-state index is 13.8. The molecule has 0 bridgehead atoms. The molecule has 156 valence electrons. The number of para-hydroxylation sites is 1. The van der Waals surface area contributed by atoms with E-state index in [1.54, 1.807) is 6.07 Å². The van der Waals surface area contributed by atoms with Crippen LogP contribution in [-0.2, 0) is 16.6 Å². The van der Waals surface area contributed by atoms with E-state index >= 15 is 0 Å². The Morgan fingerprint density at radius 1 is 1.13 bits per heavy atom. The quantitative estimate of drug-likeness (QED) is 0.570. The fraction of sp³-hybridized carbons (Fsp3) is 0.360. The predicted molar refractivity (Wildman–Crippen MR) is 116 cm³/mol. The van der Waals surface area contributed by atoms with Gasteiger partial charge in [0.2, 0.25) is 5.91 Å². The van der Waals surface area contributed by atoms with Gasteiger partial charge in [-0.25, -0.2) is 9.07 Å². The Kier molecular flexibility index (Phi) is 5.98. The first-order chi connectivity index (χ1) is 14.6. The van der Waals surface area contributed by atoms with Crippen LogP contribution in [0.25, 0.3) is 5.69 Å². The Bertz CT molecular complexity index is 1010. The van der Waals surface area contributed by atoms with E-state index in [0.29, 0.717) is 6.54 Å². The second-order valence-electron chi connectivity index (χ2n) is 8.18. The third-order valence-corrected chi connectivity index (χ3v) is 6.20. The van der Waals surface area contributed by atoms with Crippen molar-refractivity contribution in [2.75, 3.05) is 6.54 Å². The van der Waals surface area contributed by atoms with E-state index in [2.05, 4.69) is 16.6 Å². The van der Waals surface area contributed by atoms with Crippen LogP contribution >= 0.6 is 0 Å². The highest BCUT2D eigenvalue weighted by Crippen LogP contribution is 2.41. The molecular formula is C25H28FN3O. The molecule has 1 saturated carbocycles. The Balaban J connectivity index is 1.36. The number of halogens is 1. The summed E-state index contributed by atoms with van der Waals surface area (Å²) in [6, 6.07) is 16.6. The molecule has 0 atom stereocenters. The summed E-state index contributed by atoms with van der Waals surface area (Å²) in [5.41, 5.74) is 3.46.